The zero-order valence-corrected chi connectivity index (χ0v) is 9.91. The van der Waals surface area contributed by atoms with Crippen molar-refractivity contribution >= 4 is 0 Å². The maximum absolute atomic E-state index is 13.3. The first kappa shape index (κ1) is 13.1. The smallest absolute Gasteiger partial charge is 0.126 e. The van der Waals surface area contributed by atoms with E-state index in [0.717, 1.165) is 12.8 Å². The van der Waals surface area contributed by atoms with E-state index in [4.69, 9.17) is 5.73 Å². The molecule has 0 aliphatic heterocycles. The van der Waals surface area contributed by atoms with Gasteiger partial charge in [0.2, 0.25) is 0 Å². The Morgan fingerprint density at radius 2 is 2.12 bits per heavy atom. The van der Waals surface area contributed by atoms with Gasteiger partial charge in [0.1, 0.15) is 5.82 Å². The van der Waals surface area contributed by atoms with Crippen LogP contribution in [-0.2, 0) is 0 Å². The molecule has 2 atom stereocenters. The standard InChI is InChI=1S/C13H20FNO/c1-3-4-8-12(16)13(15)10-6-5-7-11(14)9(10)2/h5-7,12-13,16H,3-4,8,15H2,1-2H3/t12-,13+/m0/s1. The molecule has 0 spiro atoms. The number of hydrogen-bond donors (Lipinski definition) is 2. The third-order valence-corrected chi connectivity index (χ3v) is 2.94. The Bertz CT molecular complexity index is 341. The average molecular weight is 225 g/mol. The van der Waals surface area contributed by atoms with E-state index in [1.165, 1.54) is 6.07 Å². The fourth-order valence-electron chi connectivity index (χ4n) is 1.79. The Kier molecular flexibility index (Phi) is 4.90. The maximum Gasteiger partial charge on any atom is 0.126 e. The molecule has 1 aromatic rings. The number of aliphatic hydroxyl groups is 1. The molecule has 0 aliphatic rings. The molecule has 2 nitrogen and oxygen atoms in total. The summed E-state index contributed by atoms with van der Waals surface area (Å²) in [6.07, 6.45) is 2.02. The van der Waals surface area contributed by atoms with Gasteiger partial charge in [-0.15, -0.1) is 0 Å². The molecule has 0 amide bonds. The summed E-state index contributed by atoms with van der Waals surface area (Å²) in [5, 5.41) is 9.87. The molecule has 0 aromatic heterocycles. The van der Waals surface area contributed by atoms with Crippen molar-refractivity contribution in [2.75, 3.05) is 0 Å². The lowest BCUT2D eigenvalue weighted by molar-refractivity contribution is 0.132. The molecule has 1 aromatic carbocycles. The maximum atomic E-state index is 13.3. The van der Waals surface area contributed by atoms with Gasteiger partial charge in [-0.2, -0.15) is 0 Å². The predicted molar refractivity (Wildman–Crippen MR) is 63.6 cm³/mol. The van der Waals surface area contributed by atoms with Crippen LogP contribution >= 0.6 is 0 Å². The zero-order chi connectivity index (χ0) is 12.1. The second kappa shape index (κ2) is 5.97. The number of unbranched alkanes of at least 4 members (excludes halogenated alkanes) is 1. The normalized spacial score (nSPS) is 14.8. The fourth-order valence-corrected chi connectivity index (χ4v) is 1.79. The van der Waals surface area contributed by atoms with Crippen LogP contribution in [0.2, 0.25) is 0 Å². The van der Waals surface area contributed by atoms with Crippen LogP contribution in [0.3, 0.4) is 0 Å². The summed E-state index contributed by atoms with van der Waals surface area (Å²) < 4.78 is 13.3. The molecule has 3 N–H and O–H groups in total. The fraction of sp³-hybridized carbons (Fsp3) is 0.538. The van der Waals surface area contributed by atoms with Gasteiger partial charge in [-0.25, -0.2) is 4.39 Å². The summed E-state index contributed by atoms with van der Waals surface area (Å²) in [6, 6.07) is 4.31. The van der Waals surface area contributed by atoms with Crippen LogP contribution in [0, 0.1) is 12.7 Å². The van der Waals surface area contributed by atoms with E-state index < -0.39 is 12.1 Å². The minimum atomic E-state index is -0.597. The molecule has 0 fully saturated rings. The van der Waals surface area contributed by atoms with Gasteiger partial charge >= 0.3 is 0 Å². The van der Waals surface area contributed by atoms with E-state index in [9.17, 15) is 9.50 Å². The van der Waals surface area contributed by atoms with Crippen LogP contribution in [-0.4, -0.2) is 11.2 Å². The zero-order valence-electron chi connectivity index (χ0n) is 9.91. The van der Waals surface area contributed by atoms with E-state index in [1.54, 1.807) is 19.1 Å². The molecule has 0 saturated heterocycles. The van der Waals surface area contributed by atoms with Crippen molar-refractivity contribution in [2.45, 2.75) is 45.3 Å². The highest BCUT2D eigenvalue weighted by Crippen LogP contribution is 2.22. The largest absolute Gasteiger partial charge is 0.391 e. The van der Waals surface area contributed by atoms with Crippen LogP contribution < -0.4 is 5.73 Å². The molecule has 16 heavy (non-hydrogen) atoms. The van der Waals surface area contributed by atoms with Gasteiger partial charge in [0, 0.05) is 0 Å². The number of hydrogen-bond acceptors (Lipinski definition) is 2. The third kappa shape index (κ3) is 3.03. The second-order valence-electron chi connectivity index (χ2n) is 4.19. The van der Waals surface area contributed by atoms with Gasteiger partial charge < -0.3 is 10.8 Å². The minimum Gasteiger partial charge on any atom is -0.391 e. The number of halogens is 1. The van der Waals surface area contributed by atoms with Crippen molar-refractivity contribution in [3.8, 4) is 0 Å². The Morgan fingerprint density at radius 1 is 1.44 bits per heavy atom. The monoisotopic (exact) mass is 225 g/mol. The van der Waals surface area contributed by atoms with Crippen LogP contribution in [0.1, 0.15) is 43.4 Å². The van der Waals surface area contributed by atoms with Crippen molar-refractivity contribution in [1.29, 1.82) is 0 Å². The molecular weight excluding hydrogens is 205 g/mol. The van der Waals surface area contributed by atoms with Crippen molar-refractivity contribution < 1.29 is 9.50 Å². The number of nitrogens with two attached hydrogens (primary N) is 1. The van der Waals surface area contributed by atoms with Crippen LogP contribution in [0.25, 0.3) is 0 Å². The van der Waals surface area contributed by atoms with Crippen molar-refractivity contribution in [3.63, 3.8) is 0 Å². The molecule has 0 radical (unpaired) electrons. The number of rotatable bonds is 5. The first-order chi connectivity index (χ1) is 7.57. The Balaban J connectivity index is 2.79. The van der Waals surface area contributed by atoms with Gasteiger partial charge in [-0.05, 0) is 30.5 Å². The molecule has 3 heteroatoms. The van der Waals surface area contributed by atoms with E-state index in [1.807, 2.05) is 0 Å². The molecule has 1 rings (SSSR count). The predicted octanol–water partition coefficient (Wildman–Crippen LogP) is 2.69. The Morgan fingerprint density at radius 3 is 2.75 bits per heavy atom. The first-order valence-corrected chi connectivity index (χ1v) is 5.76. The van der Waals surface area contributed by atoms with Gasteiger partial charge in [0.25, 0.3) is 0 Å². The molecule has 0 heterocycles. The van der Waals surface area contributed by atoms with E-state index in [0.29, 0.717) is 17.5 Å². The van der Waals surface area contributed by atoms with E-state index in [2.05, 4.69) is 6.92 Å². The van der Waals surface area contributed by atoms with Crippen LogP contribution in [0.5, 0.6) is 0 Å². The lowest BCUT2D eigenvalue weighted by Crippen LogP contribution is -2.27. The lowest BCUT2D eigenvalue weighted by atomic mass is 9.95. The first-order valence-electron chi connectivity index (χ1n) is 5.76. The average Bonchev–Trinajstić information content (AvgIpc) is 2.28. The summed E-state index contributed by atoms with van der Waals surface area (Å²) in [5.74, 6) is -0.268. The Hall–Kier alpha value is -0.930. The summed E-state index contributed by atoms with van der Waals surface area (Å²) in [5.41, 5.74) is 7.16. The highest BCUT2D eigenvalue weighted by Gasteiger charge is 2.19. The van der Waals surface area contributed by atoms with Crippen molar-refractivity contribution in [2.24, 2.45) is 5.73 Å². The van der Waals surface area contributed by atoms with Gasteiger partial charge in [-0.1, -0.05) is 31.9 Å². The molecule has 0 unspecified atom stereocenters. The molecule has 0 bridgehead atoms. The highest BCUT2D eigenvalue weighted by atomic mass is 19.1. The quantitative estimate of drug-likeness (QED) is 0.809. The number of benzene rings is 1. The summed E-state index contributed by atoms with van der Waals surface area (Å²) in [4.78, 5) is 0. The van der Waals surface area contributed by atoms with Crippen molar-refractivity contribution in [1.82, 2.24) is 0 Å². The van der Waals surface area contributed by atoms with Gasteiger partial charge in [0.15, 0.2) is 0 Å². The summed E-state index contributed by atoms with van der Waals surface area (Å²) in [6.45, 7) is 3.75. The van der Waals surface area contributed by atoms with Crippen molar-refractivity contribution in [3.05, 3.63) is 35.1 Å². The van der Waals surface area contributed by atoms with Gasteiger partial charge in [0.05, 0.1) is 12.1 Å². The molecule has 0 aliphatic carbocycles. The molecule has 90 valence electrons. The van der Waals surface area contributed by atoms with E-state index in [-0.39, 0.29) is 5.82 Å². The lowest BCUT2D eigenvalue weighted by Gasteiger charge is -2.20. The second-order valence-corrected chi connectivity index (χ2v) is 4.19. The minimum absolute atomic E-state index is 0.268. The van der Waals surface area contributed by atoms with Gasteiger partial charge in [-0.3, -0.25) is 0 Å². The Labute approximate surface area is 96.3 Å². The topological polar surface area (TPSA) is 46.2 Å². The molecular formula is C13H20FNO. The summed E-state index contributed by atoms with van der Waals surface area (Å²) in [7, 11) is 0. The van der Waals surface area contributed by atoms with Crippen LogP contribution in [0.4, 0.5) is 4.39 Å². The molecule has 0 saturated carbocycles. The number of aliphatic hydroxyl groups excluding tert-OH is 1. The van der Waals surface area contributed by atoms with E-state index >= 15 is 0 Å². The summed E-state index contributed by atoms with van der Waals surface area (Å²) >= 11 is 0. The SMILES string of the molecule is CCCC[C@H](O)[C@H](N)c1cccc(F)c1C. The highest BCUT2D eigenvalue weighted by molar-refractivity contribution is 5.30. The third-order valence-electron chi connectivity index (χ3n) is 2.94. The van der Waals surface area contributed by atoms with Crippen LogP contribution in [0.15, 0.2) is 18.2 Å².